The maximum Gasteiger partial charge on any atom is 0.335 e. The van der Waals surface area contributed by atoms with Crippen LogP contribution in [0.4, 0.5) is 5.69 Å². The Bertz CT molecular complexity index is 1160. The van der Waals surface area contributed by atoms with Gasteiger partial charge < -0.3 is 14.3 Å². The number of carboxylic acid groups (broad SMARTS) is 1. The van der Waals surface area contributed by atoms with Gasteiger partial charge in [0.15, 0.2) is 11.0 Å². The number of carboxylic acids is 1. The minimum atomic E-state index is -1.59. The van der Waals surface area contributed by atoms with Crippen LogP contribution in [0.25, 0.3) is 0 Å². The van der Waals surface area contributed by atoms with Crippen molar-refractivity contribution in [3.05, 3.63) is 88.7 Å². The van der Waals surface area contributed by atoms with Gasteiger partial charge in [-0.1, -0.05) is 24.3 Å². The fourth-order valence-electron chi connectivity index (χ4n) is 3.08. The third-order valence-corrected chi connectivity index (χ3v) is 6.23. The zero-order valence-electron chi connectivity index (χ0n) is 18.7. The lowest BCUT2D eigenvalue weighted by atomic mass is 10.1. The largest absolute Gasteiger partial charge is 0.487 e. The summed E-state index contributed by atoms with van der Waals surface area (Å²) in [4.78, 5) is 11.1. The standard InChI is InChI=1S/C25H27NO5S/c1-16(2)14-26(32(29)24-11-6-19(5)31-24)22-12-17(3)18(4)13-23(22)30-15-20-7-9-21(10-8-20)25(27)28/h6-13H,1,14-15H2,2-5H3,(H,27,28). The van der Waals surface area contributed by atoms with Crippen molar-refractivity contribution in [2.24, 2.45) is 0 Å². The van der Waals surface area contributed by atoms with Crippen LogP contribution >= 0.6 is 0 Å². The lowest BCUT2D eigenvalue weighted by Crippen LogP contribution is -2.28. The number of rotatable bonds is 9. The molecule has 0 fully saturated rings. The third-order valence-electron chi connectivity index (χ3n) is 4.94. The molecule has 3 rings (SSSR count). The molecule has 0 saturated carbocycles. The van der Waals surface area contributed by atoms with Crippen molar-refractivity contribution in [2.75, 3.05) is 10.8 Å². The predicted octanol–water partition coefficient (Wildman–Crippen LogP) is 5.59. The molecule has 1 unspecified atom stereocenters. The number of ether oxygens (including phenoxy) is 1. The van der Waals surface area contributed by atoms with Crippen molar-refractivity contribution in [3.8, 4) is 5.75 Å². The molecular weight excluding hydrogens is 426 g/mol. The lowest BCUT2D eigenvalue weighted by molar-refractivity contribution is 0.0697. The molecule has 1 atom stereocenters. The number of hydrogen-bond donors (Lipinski definition) is 1. The first-order chi connectivity index (χ1) is 15.2. The SMILES string of the molecule is C=C(C)CN(c1cc(C)c(C)cc1OCc1ccc(C(=O)O)cc1)S(=O)c1ccc(C)o1. The molecule has 6 nitrogen and oxygen atoms in total. The van der Waals surface area contributed by atoms with Crippen molar-refractivity contribution >= 4 is 22.6 Å². The Hall–Kier alpha value is -3.32. The second kappa shape index (κ2) is 9.87. The smallest absolute Gasteiger partial charge is 0.335 e. The molecule has 0 aliphatic rings. The Kier molecular flexibility index (Phi) is 7.20. The second-order valence-electron chi connectivity index (χ2n) is 7.80. The van der Waals surface area contributed by atoms with Gasteiger partial charge in [0.25, 0.3) is 0 Å². The summed E-state index contributed by atoms with van der Waals surface area (Å²) in [5, 5.41) is 9.44. The van der Waals surface area contributed by atoms with Gasteiger partial charge in [-0.3, -0.25) is 4.31 Å². The Morgan fingerprint density at radius 2 is 1.75 bits per heavy atom. The quantitative estimate of drug-likeness (QED) is 0.427. The minimum Gasteiger partial charge on any atom is -0.487 e. The van der Waals surface area contributed by atoms with Crippen molar-refractivity contribution in [1.29, 1.82) is 0 Å². The molecule has 1 aromatic heterocycles. The van der Waals surface area contributed by atoms with Gasteiger partial charge in [-0.2, -0.15) is 0 Å². The molecule has 0 aliphatic heterocycles. The zero-order valence-corrected chi connectivity index (χ0v) is 19.5. The summed E-state index contributed by atoms with van der Waals surface area (Å²) in [5.41, 5.74) is 4.64. The average Bonchev–Trinajstić information content (AvgIpc) is 3.18. The fourth-order valence-corrected chi connectivity index (χ4v) is 4.35. The number of benzene rings is 2. The summed E-state index contributed by atoms with van der Waals surface area (Å²) >= 11 is 0. The molecule has 1 N–H and O–H groups in total. The van der Waals surface area contributed by atoms with Crippen molar-refractivity contribution in [2.45, 2.75) is 39.4 Å². The van der Waals surface area contributed by atoms with E-state index in [4.69, 9.17) is 14.3 Å². The van der Waals surface area contributed by atoms with Crippen LogP contribution in [0.5, 0.6) is 5.75 Å². The highest BCUT2D eigenvalue weighted by molar-refractivity contribution is 7.86. The van der Waals surface area contributed by atoms with E-state index < -0.39 is 17.0 Å². The van der Waals surface area contributed by atoms with Crippen molar-refractivity contribution < 1.29 is 23.3 Å². The highest BCUT2D eigenvalue weighted by Gasteiger charge is 2.23. The van der Waals surface area contributed by atoms with E-state index in [1.54, 1.807) is 40.7 Å². The fraction of sp³-hybridized carbons (Fsp3) is 0.240. The van der Waals surface area contributed by atoms with E-state index in [0.29, 0.717) is 28.8 Å². The average molecular weight is 454 g/mol. The molecule has 0 bridgehead atoms. The van der Waals surface area contributed by atoms with E-state index in [0.717, 1.165) is 22.3 Å². The van der Waals surface area contributed by atoms with Gasteiger partial charge in [0, 0.05) is 0 Å². The number of aryl methyl sites for hydroxylation is 3. The van der Waals surface area contributed by atoms with E-state index in [1.165, 1.54) is 0 Å². The molecule has 168 valence electrons. The Morgan fingerprint density at radius 1 is 1.09 bits per heavy atom. The lowest BCUT2D eigenvalue weighted by Gasteiger charge is -2.26. The Labute approximate surface area is 190 Å². The van der Waals surface area contributed by atoms with Gasteiger partial charge in [0.1, 0.15) is 18.1 Å². The summed E-state index contributed by atoms with van der Waals surface area (Å²) in [6.07, 6.45) is 0. The number of hydrogen-bond acceptors (Lipinski definition) is 4. The van der Waals surface area contributed by atoms with E-state index in [1.807, 2.05) is 39.8 Å². The van der Waals surface area contributed by atoms with Gasteiger partial charge in [-0.15, -0.1) is 0 Å². The molecule has 32 heavy (non-hydrogen) atoms. The molecule has 0 saturated heterocycles. The molecule has 2 aromatic carbocycles. The summed E-state index contributed by atoms with van der Waals surface area (Å²) in [6.45, 7) is 12.3. The molecule has 0 aliphatic carbocycles. The predicted molar refractivity (Wildman–Crippen MR) is 126 cm³/mol. The molecule has 1 heterocycles. The van der Waals surface area contributed by atoms with E-state index in [2.05, 4.69) is 6.58 Å². The Balaban J connectivity index is 1.95. The van der Waals surface area contributed by atoms with Gasteiger partial charge in [0.05, 0.1) is 17.8 Å². The molecular formula is C25H27NO5S. The number of anilines is 1. The first-order valence-electron chi connectivity index (χ1n) is 10.1. The van der Waals surface area contributed by atoms with Crippen LogP contribution in [-0.2, 0) is 17.6 Å². The normalized spacial score (nSPS) is 11.8. The van der Waals surface area contributed by atoms with Gasteiger partial charge >= 0.3 is 5.97 Å². The van der Waals surface area contributed by atoms with Crippen molar-refractivity contribution in [1.82, 2.24) is 0 Å². The van der Waals surface area contributed by atoms with Crippen LogP contribution in [-0.4, -0.2) is 21.8 Å². The number of carbonyl (C=O) groups is 1. The van der Waals surface area contributed by atoms with Crippen LogP contribution in [0.1, 0.15) is 39.7 Å². The zero-order chi connectivity index (χ0) is 23.4. The highest BCUT2D eigenvalue weighted by Crippen LogP contribution is 2.35. The molecule has 0 amide bonds. The first-order valence-corrected chi connectivity index (χ1v) is 11.2. The second-order valence-corrected chi connectivity index (χ2v) is 9.14. The van der Waals surface area contributed by atoms with Gasteiger partial charge in [0.2, 0.25) is 5.09 Å². The van der Waals surface area contributed by atoms with Crippen LogP contribution in [0, 0.1) is 20.8 Å². The van der Waals surface area contributed by atoms with Crippen LogP contribution in [0.3, 0.4) is 0 Å². The topological polar surface area (TPSA) is 80.0 Å². The van der Waals surface area contributed by atoms with E-state index >= 15 is 0 Å². The summed E-state index contributed by atoms with van der Waals surface area (Å²) in [5.74, 6) is 0.290. The molecule has 7 heteroatoms. The highest BCUT2D eigenvalue weighted by atomic mass is 32.2. The number of aromatic carboxylic acids is 1. The minimum absolute atomic E-state index is 0.220. The summed E-state index contributed by atoms with van der Waals surface area (Å²) in [7, 11) is -1.59. The molecule has 3 aromatic rings. The van der Waals surface area contributed by atoms with E-state index in [9.17, 15) is 9.00 Å². The number of furan rings is 1. The molecule has 0 spiro atoms. The van der Waals surface area contributed by atoms with E-state index in [-0.39, 0.29) is 12.2 Å². The monoisotopic (exact) mass is 453 g/mol. The van der Waals surface area contributed by atoms with Crippen LogP contribution in [0.15, 0.2) is 70.2 Å². The Morgan fingerprint density at radius 3 is 2.31 bits per heavy atom. The van der Waals surface area contributed by atoms with Crippen LogP contribution in [0.2, 0.25) is 0 Å². The van der Waals surface area contributed by atoms with Crippen molar-refractivity contribution in [3.63, 3.8) is 0 Å². The van der Waals surface area contributed by atoms with Crippen LogP contribution < -0.4 is 9.04 Å². The number of nitrogens with zero attached hydrogens (tertiary/aromatic N) is 1. The van der Waals surface area contributed by atoms with Gasteiger partial charge in [-0.05, 0) is 80.8 Å². The molecule has 0 radical (unpaired) electrons. The summed E-state index contributed by atoms with van der Waals surface area (Å²) < 4.78 is 26.9. The maximum absolute atomic E-state index is 13.4. The first kappa shape index (κ1) is 23.3. The summed E-state index contributed by atoms with van der Waals surface area (Å²) in [6, 6.07) is 13.9. The third kappa shape index (κ3) is 5.48. The van der Waals surface area contributed by atoms with Gasteiger partial charge in [-0.25, -0.2) is 9.00 Å². The maximum atomic E-state index is 13.4.